The third-order valence-corrected chi connectivity index (χ3v) is 3.21. The van der Waals surface area contributed by atoms with E-state index in [1.165, 1.54) is 0 Å². The minimum Gasteiger partial charge on any atom is -0.495 e. The van der Waals surface area contributed by atoms with Gasteiger partial charge < -0.3 is 10.1 Å². The molecule has 0 aliphatic carbocycles. The Morgan fingerprint density at radius 3 is 2.89 bits per heavy atom. The third kappa shape index (κ3) is 3.07. The summed E-state index contributed by atoms with van der Waals surface area (Å²) >= 11 is 1.54. The van der Waals surface area contributed by atoms with Gasteiger partial charge in [0.15, 0.2) is 0 Å². The molecule has 1 N–H and O–H groups in total. The number of anilines is 1. The molecule has 0 bridgehead atoms. The second kappa shape index (κ2) is 5.64. The Bertz CT molecular complexity index is 551. The number of rotatable bonds is 4. The summed E-state index contributed by atoms with van der Waals surface area (Å²) in [4.78, 5) is 16.1. The summed E-state index contributed by atoms with van der Waals surface area (Å²) in [6.45, 7) is 1.92. The van der Waals surface area contributed by atoms with Crippen molar-refractivity contribution in [3.8, 4) is 5.75 Å². The Hall–Kier alpha value is -1.88. The van der Waals surface area contributed by atoms with Crippen molar-refractivity contribution in [3.63, 3.8) is 0 Å². The van der Waals surface area contributed by atoms with Crippen LogP contribution >= 0.6 is 11.3 Å². The number of hydrogen-bond acceptors (Lipinski definition) is 4. The summed E-state index contributed by atoms with van der Waals surface area (Å²) in [6.07, 6.45) is 0.280. The number of methoxy groups -OCH3 is 1. The van der Waals surface area contributed by atoms with E-state index in [1.54, 1.807) is 18.4 Å². The lowest BCUT2D eigenvalue weighted by atomic mass is 10.2. The van der Waals surface area contributed by atoms with Gasteiger partial charge in [0, 0.05) is 5.38 Å². The van der Waals surface area contributed by atoms with Crippen LogP contribution < -0.4 is 10.1 Å². The SMILES string of the molecule is COc1ccccc1NC(=O)Cc1csc(C)n1. The number of para-hydroxylation sites is 2. The Morgan fingerprint density at radius 1 is 1.44 bits per heavy atom. The molecule has 18 heavy (non-hydrogen) atoms. The van der Waals surface area contributed by atoms with E-state index in [-0.39, 0.29) is 12.3 Å². The number of thiazole rings is 1. The van der Waals surface area contributed by atoms with E-state index >= 15 is 0 Å². The van der Waals surface area contributed by atoms with Gasteiger partial charge in [-0.05, 0) is 19.1 Å². The zero-order chi connectivity index (χ0) is 13.0. The topological polar surface area (TPSA) is 51.2 Å². The molecule has 0 radical (unpaired) electrons. The van der Waals surface area contributed by atoms with Crippen molar-refractivity contribution in [2.45, 2.75) is 13.3 Å². The second-order valence-corrected chi connectivity index (χ2v) is 4.85. The third-order valence-electron chi connectivity index (χ3n) is 2.39. The van der Waals surface area contributed by atoms with Gasteiger partial charge >= 0.3 is 0 Å². The predicted octanol–water partition coefficient (Wildman–Crippen LogP) is 2.64. The van der Waals surface area contributed by atoms with Crippen molar-refractivity contribution in [2.75, 3.05) is 12.4 Å². The molecule has 0 saturated heterocycles. The maximum absolute atomic E-state index is 11.9. The van der Waals surface area contributed by atoms with Crippen LogP contribution in [-0.4, -0.2) is 18.0 Å². The number of amides is 1. The smallest absolute Gasteiger partial charge is 0.230 e. The molecule has 4 nitrogen and oxygen atoms in total. The van der Waals surface area contributed by atoms with Crippen molar-refractivity contribution < 1.29 is 9.53 Å². The van der Waals surface area contributed by atoms with Crippen LogP contribution in [0.2, 0.25) is 0 Å². The standard InChI is InChI=1S/C13H14N2O2S/c1-9-14-10(8-18-9)7-13(16)15-11-5-3-4-6-12(11)17-2/h3-6,8H,7H2,1-2H3,(H,15,16). The van der Waals surface area contributed by atoms with Crippen LogP contribution in [0.15, 0.2) is 29.6 Å². The molecule has 0 saturated carbocycles. The van der Waals surface area contributed by atoms with Crippen LogP contribution in [0.4, 0.5) is 5.69 Å². The lowest BCUT2D eigenvalue weighted by Crippen LogP contribution is -2.15. The van der Waals surface area contributed by atoms with Crippen LogP contribution in [0, 0.1) is 6.92 Å². The average molecular weight is 262 g/mol. The number of hydrogen-bond donors (Lipinski definition) is 1. The number of ether oxygens (including phenoxy) is 1. The molecule has 5 heteroatoms. The molecule has 1 aromatic carbocycles. The van der Waals surface area contributed by atoms with Crippen molar-refractivity contribution in [1.29, 1.82) is 0 Å². The number of nitrogens with zero attached hydrogens (tertiary/aromatic N) is 1. The van der Waals surface area contributed by atoms with E-state index in [4.69, 9.17) is 4.74 Å². The molecule has 0 atom stereocenters. The first kappa shape index (κ1) is 12.6. The van der Waals surface area contributed by atoms with E-state index in [1.807, 2.05) is 36.6 Å². The van der Waals surface area contributed by atoms with E-state index in [9.17, 15) is 4.79 Å². The highest BCUT2D eigenvalue weighted by atomic mass is 32.1. The second-order valence-electron chi connectivity index (χ2n) is 3.78. The molecule has 0 spiro atoms. The molecule has 94 valence electrons. The van der Waals surface area contributed by atoms with Gasteiger partial charge in [-0.2, -0.15) is 0 Å². The fourth-order valence-corrected chi connectivity index (χ4v) is 2.21. The first-order chi connectivity index (χ1) is 8.69. The van der Waals surface area contributed by atoms with Gasteiger partial charge in [0.25, 0.3) is 0 Å². The zero-order valence-electron chi connectivity index (χ0n) is 10.3. The van der Waals surface area contributed by atoms with Crippen LogP contribution in [0.1, 0.15) is 10.7 Å². The Kier molecular flexibility index (Phi) is 3.94. The molecule has 0 unspecified atom stereocenters. The largest absolute Gasteiger partial charge is 0.495 e. The Morgan fingerprint density at radius 2 is 2.22 bits per heavy atom. The number of aromatic nitrogens is 1. The van der Waals surface area contributed by atoms with Crippen molar-refractivity contribution >= 4 is 22.9 Å². The van der Waals surface area contributed by atoms with Crippen molar-refractivity contribution in [2.24, 2.45) is 0 Å². The van der Waals surface area contributed by atoms with Crippen LogP contribution in [0.25, 0.3) is 0 Å². The summed E-state index contributed by atoms with van der Waals surface area (Å²) in [6, 6.07) is 7.33. The quantitative estimate of drug-likeness (QED) is 0.921. The summed E-state index contributed by atoms with van der Waals surface area (Å²) in [5.41, 5.74) is 1.47. The molecule has 0 aliphatic rings. The van der Waals surface area contributed by atoms with Gasteiger partial charge in [-0.25, -0.2) is 4.98 Å². The molecule has 0 aliphatic heterocycles. The van der Waals surface area contributed by atoms with Gasteiger partial charge in [0.05, 0.1) is 29.9 Å². The fourth-order valence-electron chi connectivity index (χ4n) is 1.60. The van der Waals surface area contributed by atoms with E-state index in [0.29, 0.717) is 11.4 Å². The van der Waals surface area contributed by atoms with Crippen LogP contribution in [0.3, 0.4) is 0 Å². The van der Waals surface area contributed by atoms with Gasteiger partial charge in [-0.15, -0.1) is 11.3 Å². The van der Waals surface area contributed by atoms with Crippen molar-refractivity contribution in [3.05, 3.63) is 40.3 Å². The number of carbonyl (C=O) groups is 1. The molecule has 1 aromatic heterocycles. The number of benzene rings is 1. The number of aryl methyl sites for hydroxylation is 1. The van der Waals surface area contributed by atoms with Crippen LogP contribution in [0.5, 0.6) is 5.75 Å². The summed E-state index contributed by atoms with van der Waals surface area (Å²) in [5, 5.41) is 5.69. The molecular weight excluding hydrogens is 248 g/mol. The Labute approximate surface area is 110 Å². The van der Waals surface area contributed by atoms with Crippen LogP contribution in [-0.2, 0) is 11.2 Å². The molecule has 2 aromatic rings. The monoisotopic (exact) mass is 262 g/mol. The lowest BCUT2D eigenvalue weighted by Gasteiger charge is -2.08. The zero-order valence-corrected chi connectivity index (χ0v) is 11.1. The highest BCUT2D eigenvalue weighted by Gasteiger charge is 2.09. The maximum Gasteiger partial charge on any atom is 0.230 e. The fraction of sp³-hybridized carbons (Fsp3) is 0.231. The lowest BCUT2D eigenvalue weighted by molar-refractivity contribution is -0.115. The summed E-state index contributed by atoms with van der Waals surface area (Å²) in [7, 11) is 1.58. The molecular formula is C13H14N2O2S. The Balaban J connectivity index is 2.03. The van der Waals surface area contributed by atoms with Gasteiger partial charge in [0.1, 0.15) is 5.75 Å². The summed E-state index contributed by atoms with van der Waals surface area (Å²) < 4.78 is 5.17. The first-order valence-corrected chi connectivity index (χ1v) is 6.41. The minimum atomic E-state index is -0.0928. The van der Waals surface area contributed by atoms with Gasteiger partial charge in [-0.3, -0.25) is 4.79 Å². The first-order valence-electron chi connectivity index (χ1n) is 5.53. The average Bonchev–Trinajstić information content (AvgIpc) is 2.75. The molecule has 1 heterocycles. The van der Waals surface area contributed by atoms with E-state index < -0.39 is 0 Å². The number of nitrogens with one attached hydrogen (secondary N) is 1. The predicted molar refractivity (Wildman–Crippen MR) is 72.2 cm³/mol. The van der Waals surface area contributed by atoms with E-state index in [2.05, 4.69) is 10.3 Å². The van der Waals surface area contributed by atoms with Crippen molar-refractivity contribution in [1.82, 2.24) is 4.98 Å². The summed E-state index contributed by atoms with van der Waals surface area (Å²) in [5.74, 6) is 0.560. The molecule has 1 amide bonds. The van der Waals surface area contributed by atoms with E-state index in [0.717, 1.165) is 10.7 Å². The maximum atomic E-state index is 11.9. The minimum absolute atomic E-state index is 0.0928. The molecule has 2 rings (SSSR count). The number of carbonyl (C=O) groups excluding carboxylic acids is 1. The normalized spacial score (nSPS) is 10.1. The highest BCUT2D eigenvalue weighted by molar-refractivity contribution is 7.09. The van der Waals surface area contributed by atoms with Gasteiger partial charge in [0.2, 0.25) is 5.91 Å². The highest BCUT2D eigenvalue weighted by Crippen LogP contribution is 2.23. The molecule has 0 fully saturated rings. The van der Waals surface area contributed by atoms with Gasteiger partial charge in [-0.1, -0.05) is 12.1 Å².